The third-order valence-corrected chi connectivity index (χ3v) is 4.34. The van der Waals surface area contributed by atoms with E-state index in [1.807, 2.05) is 30.6 Å². The summed E-state index contributed by atoms with van der Waals surface area (Å²) in [6.45, 7) is 0.515. The van der Waals surface area contributed by atoms with Crippen LogP contribution in [0.2, 0.25) is 0 Å². The van der Waals surface area contributed by atoms with Gasteiger partial charge in [0.15, 0.2) is 5.82 Å². The van der Waals surface area contributed by atoms with Crippen molar-refractivity contribution in [3.8, 4) is 16.5 Å². The van der Waals surface area contributed by atoms with Crippen LogP contribution in [-0.4, -0.2) is 23.2 Å². The van der Waals surface area contributed by atoms with Crippen LogP contribution < -0.4 is 10.5 Å². The van der Waals surface area contributed by atoms with Gasteiger partial charge in [-0.3, -0.25) is 0 Å². The zero-order valence-corrected chi connectivity index (χ0v) is 12.6. The van der Waals surface area contributed by atoms with Crippen molar-refractivity contribution < 1.29 is 4.74 Å². The topological polar surface area (TPSA) is 53.1 Å². The monoisotopic (exact) mass is 299 g/mol. The summed E-state index contributed by atoms with van der Waals surface area (Å²) in [4.78, 5) is 5.63. The van der Waals surface area contributed by atoms with Gasteiger partial charge in [0.1, 0.15) is 5.75 Å². The predicted octanol–water partition coefficient (Wildman–Crippen LogP) is 3.17. The lowest BCUT2D eigenvalue weighted by Crippen LogP contribution is -2.20. The van der Waals surface area contributed by atoms with Gasteiger partial charge in [-0.1, -0.05) is 18.2 Å². The summed E-state index contributed by atoms with van der Waals surface area (Å²) in [5.74, 6) is 1.80. The first-order valence-corrected chi connectivity index (χ1v) is 7.62. The quantitative estimate of drug-likeness (QED) is 0.787. The predicted molar refractivity (Wildman–Crippen MR) is 85.7 cm³/mol. The molecule has 5 heteroatoms. The number of thiophene rings is 1. The van der Waals surface area contributed by atoms with E-state index in [2.05, 4.69) is 33.1 Å². The summed E-state index contributed by atoms with van der Waals surface area (Å²) in [6, 6.07) is 12.2. The lowest BCUT2D eigenvalue weighted by atomic mass is 10.1. The van der Waals surface area contributed by atoms with Crippen LogP contribution in [0, 0.1) is 0 Å². The van der Waals surface area contributed by atoms with Crippen LogP contribution in [0.15, 0.2) is 54.2 Å². The molecule has 0 fully saturated rings. The number of hydrogen-bond acceptors (Lipinski definition) is 4. The highest BCUT2D eigenvalue weighted by molar-refractivity contribution is 7.13. The largest absolute Gasteiger partial charge is 0.497 e. The average Bonchev–Trinajstić information content (AvgIpc) is 3.19. The molecule has 3 rings (SSSR count). The van der Waals surface area contributed by atoms with Crippen LogP contribution in [0.4, 0.5) is 0 Å². The van der Waals surface area contributed by atoms with Crippen molar-refractivity contribution >= 4 is 11.3 Å². The van der Waals surface area contributed by atoms with E-state index in [1.54, 1.807) is 18.4 Å². The van der Waals surface area contributed by atoms with E-state index in [1.165, 1.54) is 0 Å². The van der Waals surface area contributed by atoms with Gasteiger partial charge in [0.2, 0.25) is 0 Å². The number of rotatable bonds is 5. The number of benzene rings is 1. The van der Waals surface area contributed by atoms with E-state index < -0.39 is 0 Å². The van der Waals surface area contributed by atoms with Crippen LogP contribution in [0.1, 0.15) is 11.6 Å². The second-order valence-electron chi connectivity index (χ2n) is 4.66. The molecule has 4 nitrogen and oxygen atoms in total. The summed E-state index contributed by atoms with van der Waals surface area (Å²) < 4.78 is 7.34. The maximum atomic E-state index is 6.01. The SMILES string of the molecule is COc1ccc(C(CN)n2ccnc2-c2cccs2)cc1. The Labute approximate surface area is 127 Å². The first kappa shape index (κ1) is 13.9. The van der Waals surface area contributed by atoms with Crippen molar-refractivity contribution in [3.63, 3.8) is 0 Å². The van der Waals surface area contributed by atoms with Gasteiger partial charge in [0.25, 0.3) is 0 Å². The van der Waals surface area contributed by atoms with Gasteiger partial charge < -0.3 is 15.0 Å². The number of ether oxygens (including phenoxy) is 1. The number of methoxy groups -OCH3 is 1. The smallest absolute Gasteiger partial charge is 0.150 e. The fourth-order valence-electron chi connectivity index (χ4n) is 2.40. The van der Waals surface area contributed by atoms with E-state index in [0.29, 0.717) is 6.54 Å². The maximum Gasteiger partial charge on any atom is 0.150 e. The molecule has 0 bridgehead atoms. The molecule has 2 heterocycles. The molecular weight excluding hydrogens is 282 g/mol. The van der Waals surface area contributed by atoms with Crippen LogP contribution in [0.5, 0.6) is 5.75 Å². The van der Waals surface area contributed by atoms with Crippen molar-refractivity contribution in [1.82, 2.24) is 9.55 Å². The molecule has 1 aromatic carbocycles. The van der Waals surface area contributed by atoms with Crippen molar-refractivity contribution in [2.24, 2.45) is 5.73 Å². The van der Waals surface area contributed by atoms with E-state index in [4.69, 9.17) is 10.5 Å². The number of nitrogens with two attached hydrogens (primary N) is 1. The second-order valence-corrected chi connectivity index (χ2v) is 5.61. The highest BCUT2D eigenvalue weighted by atomic mass is 32.1. The number of imidazole rings is 1. The molecule has 0 saturated heterocycles. The molecule has 0 saturated carbocycles. The van der Waals surface area contributed by atoms with E-state index in [0.717, 1.165) is 22.0 Å². The average molecular weight is 299 g/mol. The maximum absolute atomic E-state index is 6.01. The summed E-state index contributed by atoms with van der Waals surface area (Å²) in [5, 5.41) is 2.05. The lowest BCUT2D eigenvalue weighted by Gasteiger charge is -2.19. The minimum absolute atomic E-state index is 0.0653. The van der Waals surface area contributed by atoms with Gasteiger partial charge >= 0.3 is 0 Å². The third kappa shape index (κ3) is 2.70. The van der Waals surface area contributed by atoms with Gasteiger partial charge in [-0.05, 0) is 29.1 Å². The Morgan fingerprint density at radius 1 is 1.29 bits per heavy atom. The summed E-state index contributed by atoms with van der Waals surface area (Å²) in [6.07, 6.45) is 3.80. The minimum atomic E-state index is 0.0653. The molecule has 0 aliphatic rings. The van der Waals surface area contributed by atoms with Crippen LogP contribution in [0.25, 0.3) is 10.7 Å². The van der Waals surface area contributed by atoms with E-state index in [-0.39, 0.29) is 6.04 Å². The fourth-order valence-corrected chi connectivity index (χ4v) is 3.12. The highest BCUT2D eigenvalue weighted by Crippen LogP contribution is 2.28. The van der Waals surface area contributed by atoms with Crippen molar-refractivity contribution in [3.05, 3.63) is 59.7 Å². The Balaban J connectivity index is 1.98. The van der Waals surface area contributed by atoms with Crippen LogP contribution >= 0.6 is 11.3 Å². The Morgan fingerprint density at radius 2 is 2.10 bits per heavy atom. The Kier molecular flexibility index (Phi) is 4.03. The molecule has 2 N–H and O–H groups in total. The van der Waals surface area contributed by atoms with Crippen molar-refractivity contribution in [1.29, 1.82) is 0 Å². The molecular formula is C16H17N3OS. The molecule has 0 aliphatic carbocycles. The van der Waals surface area contributed by atoms with E-state index in [9.17, 15) is 0 Å². The first-order valence-electron chi connectivity index (χ1n) is 6.74. The fraction of sp³-hybridized carbons (Fsp3) is 0.188. The standard InChI is InChI=1S/C16H17N3OS/c1-20-13-6-4-12(5-7-13)14(11-17)19-9-8-18-16(19)15-3-2-10-21-15/h2-10,14H,11,17H2,1H3. The first-order chi connectivity index (χ1) is 10.3. The summed E-state index contributed by atoms with van der Waals surface area (Å²) in [5.41, 5.74) is 7.16. The van der Waals surface area contributed by atoms with Gasteiger partial charge in [-0.2, -0.15) is 0 Å². The molecule has 1 atom stereocenters. The molecule has 108 valence electrons. The number of nitrogens with zero attached hydrogens (tertiary/aromatic N) is 2. The van der Waals surface area contributed by atoms with Crippen LogP contribution in [0.3, 0.4) is 0 Å². The third-order valence-electron chi connectivity index (χ3n) is 3.47. The van der Waals surface area contributed by atoms with Gasteiger partial charge in [0, 0.05) is 18.9 Å². The summed E-state index contributed by atoms with van der Waals surface area (Å²) in [7, 11) is 1.67. The minimum Gasteiger partial charge on any atom is -0.497 e. The molecule has 3 aromatic rings. The molecule has 0 amide bonds. The normalized spacial score (nSPS) is 12.3. The molecule has 0 aliphatic heterocycles. The van der Waals surface area contributed by atoms with E-state index >= 15 is 0 Å². The molecule has 0 spiro atoms. The van der Waals surface area contributed by atoms with Crippen molar-refractivity contribution in [2.45, 2.75) is 6.04 Å². The van der Waals surface area contributed by atoms with Crippen LogP contribution in [-0.2, 0) is 0 Å². The van der Waals surface area contributed by atoms with Gasteiger partial charge in [0.05, 0.1) is 18.0 Å². The molecule has 2 aromatic heterocycles. The molecule has 1 unspecified atom stereocenters. The Hall–Kier alpha value is -2.11. The number of aromatic nitrogens is 2. The van der Waals surface area contributed by atoms with Gasteiger partial charge in [-0.15, -0.1) is 11.3 Å². The molecule has 0 radical (unpaired) electrons. The zero-order chi connectivity index (χ0) is 14.7. The second kappa shape index (κ2) is 6.11. The summed E-state index contributed by atoms with van der Waals surface area (Å²) >= 11 is 1.68. The zero-order valence-electron chi connectivity index (χ0n) is 11.8. The molecule has 21 heavy (non-hydrogen) atoms. The highest BCUT2D eigenvalue weighted by Gasteiger charge is 2.17. The lowest BCUT2D eigenvalue weighted by molar-refractivity contribution is 0.414. The number of hydrogen-bond donors (Lipinski definition) is 1. The van der Waals surface area contributed by atoms with Crippen molar-refractivity contribution in [2.75, 3.05) is 13.7 Å². The Morgan fingerprint density at radius 3 is 2.71 bits per heavy atom. The van der Waals surface area contributed by atoms with Gasteiger partial charge in [-0.25, -0.2) is 4.98 Å². The Bertz CT molecular complexity index is 689.